The average Bonchev–Trinajstić information content (AvgIpc) is 1.41. The van der Waals surface area contributed by atoms with E-state index in [1.165, 1.54) is 5.94 Å². The SMILES string of the molecule is O=C=CC=O.[H-].[H-].[Na+].[Na+]. The fraction of sp³-hybridized carbons (Fsp3) is 0. The van der Waals surface area contributed by atoms with Gasteiger partial charge in [0.2, 0.25) is 0 Å². The topological polar surface area (TPSA) is 34.1 Å². The number of hydrogen-bond donors (Lipinski definition) is 0. The molecule has 0 heterocycles. The molecule has 30 valence electrons. The Hall–Kier alpha value is 1.12. The van der Waals surface area contributed by atoms with Crippen molar-refractivity contribution in [3.63, 3.8) is 0 Å². The second-order valence-corrected chi connectivity index (χ2v) is 0.421. The van der Waals surface area contributed by atoms with Crippen molar-refractivity contribution in [2.75, 3.05) is 0 Å². The van der Waals surface area contributed by atoms with Crippen LogP contribution in [0.5, 0.6) is 0 Å². The van der Waals surface area contributed by atoms with E-state index in [2.05, 4.69) is 0 Å². The van der Waals surface area contributed by atoms with Gasteiger partial charge in [0, 0.05) is 0 Å². The van der Waals surface area contributed by atoms with Crippen molar-refractivity contribution in [3.05, 3.63) is 6.08 Å². The summed E-state index contributed by atoms with van der Waals surface area (Å²) >= 11 is 0. The van der Waals surface area contributed by atoms with Crippen LogP contribution >= 0.6 is 0 Å². The molecule has 0 spiro atoms. The Balaban J connectivity index is -0.0000000133. The Labute approximate surface area is 88.9 Å². The molecule has 0 amide bonds. The first kappa shape index (κ1) is 15.7. The van der Waals surface area contributed by atoms with Crippen molar-refractivity contribution in [2.45, 2.75) is 0 Å². The molecule has 0 aliphatic heterocycles. The summed E-state index contributed by atoms with van der Waals surface area (Å²) in [6.45, 7) is 0. The van der Waals surface area contributed by atoms with Gasteiger partial charge in [-0.05, 0) is 0 Å². The minimum atomic E-state index is 0. The van der Waals surface area contributed by atoms with Crippen molar-refractivity contribution in [1.82, 2.24) is 0 Å². The quantitative estimate of drug-likeness (QED) is 0.148. The molecule has 0 aliphatic rings. The van der Waals surface area contributed by atoms with Gasteiger partial charge in [0.15, 0.2) is 6.29 Å². The van der Waals surface area contributed by atoms with E-state index in [9.17, 15) is 0 Å². The van der Waals surface area contributed by atoms with Crippen LogP contribution in [0.1, 0.15) is 2.85 Å². The van der Waals surface area contributed by atoms with Crippen molar-refractivity contribution in [2.24, 2.45) is 0 Å². The summed E-state index contributed by atoms with van der Waals surface area (Å²) in [4.78, 5) is 18.1. The van der Waals surface area contributed by atoms with Crippen molar-refractivity contribution in [1.29, 1.82) is 0 Å². The summed E-state index contributed by atoms with van der Waals surface area (Å²) in [6.07, 6.45) is 1.15. The van der Waals surface area contributed by atoms with E-state index >= 15 is 0 Å². The summed E-state index contributed by atoms with van der Waals surface area (Å²) in [5.74, 6) is 1.27. The zero-order chi connectivity index (χ0) is 4.12. The van der Waals surface area contributed by atoms with Crippen LogP contribution in [-0.4, -0.2) is 12.2 Å². The van der Waals surface area contributed by atoms with Crippen LogP contribution in [-0.2, 0) is 9.59 Å². The maximum absolute atomic E-state index is 9.09. The fourth-order valence-electron chi connectivity index (χ4n) is 0.0278. The Kier molecular flexibility index (Phi) is 35.2. The molecule has 0 fully saturated rings. The molecule has 0 aromatic carbocycles. The van der Waals surface area contributed by atoms with Crippen LogP contribution in [0.15, 0.2) is 6.08 Å². The Morgan fingerprint density at radius 2 is 1.86 bits per heavy atom. The summed E-state index contributed by atoms with van der Waals surface area (Å²) < 4.78 is 0. The summed E-state index contributed by atoms with van der Waals surface area (Å²) in [6, 6.07) is 0. The van der Waals surface area contributed by atoms with Gasteiger partial charge in [-0.2, -0.15) is 0 Å². The van der Waals surface area contributed by atoms with Crippen LogP contribution in [0.25, 0.3) is 0 Å². The second kappa shape index (κ2) is 15.7. The van der Waals surface area contributed by atoms with Gasteiger partial charge in [0.25, 0.3) is 0 Å². The molecule has 0 N–H and O–H groups in total. The molecule has 0 bridgehead atoms. The molecular weight excluding hydrogens is 114 g/mol. The molecule has 0 radical (unpaired) electrons. The first-order valence-corrected chi connectivity index (χ1v) is 1.06. The number of rotatable bonds is 1. The third-order valence-corrected chi connectivity index (χ3v) is 0.136. The van der Waals surface area contributed by atoms with Crippen molar-refractivity contribution >= 4 is 12.2 Å². The number of hydrogen-bond acceptors (Lipinski definition) is 2. The molecule has 0 saturated heterocycles. The molecule has 0 unspecified atom stereocenters. The Morgan fingerprint density at radius 3 is 1.86 bits per heavy atom. The molecular formula is C3H4Na2O2. The minimum Gasteiger partial charge on any atom is -1.00 e. The third kappa shape index (κ3) is 19.2. The number of allylic oxidation sites excluding steroid dienone is 1. The Bertz CT molecular complexity index is 81.9. The average molecular weight is 118 g/mol. The second-order valence-electron chi connectivity index (χ2n) is 0.421. The summed E-state index contributed by atoms with van der Waals surface area (Å²) in [5.41, 5.74) is 0. The molecule has 0 aromatic rings. The molecule has 2 nitrogen and oxygen atoms in total. The smallest absolute Gasteiger partial charge is 1.00 e. The molecule has 0 rings (SSSR count). The number of aldehydes is 1. The maximum Gasteiger partial charge on any atom is 1.00 e. The van der Waals surface area contributed by atoms with E-state index < -0.39 is 0 Å². The number of carbonyl (C=O) groups excluding carboxylic acids is 2. The normalized spacial score (nSPS) is 3.43. The van der Waals surface area contributed by atoms with Gasteiger partial charge < -0.3 is 2.85 Å². The predicted octanol–water partition coefficient (Wildman–Crippen LogP) is -6.19. The Morgan fingerprint density at radius 1 is 1.43 bits per heavy atom. The van der Waals surface area contributed by atoms with E-state index in [0.29, 0.717) is 6.29 Å². The van der Waals surface area contributed by atoms with Crippen molar-refractivity contribution in [3.8, 4) is 0 Å². The van der Waals surface area contributed by atoms with Crippen LogP contribution in [0.3, 0.4) is 0 Å². The van der Waals surface area contributed by atoms with Crippen LogP contribution in [0.4, 0.5) is 0 Å². The van der Waals surface area contributed by atoms with Gasteiger partial charge in [-0.1, -0.05) is 0 Å². The van der Waals surface area contributed by atoms with Crippen LogP contribution < -0.4 is 59.1 Å². The first-order valence-electron chi connectivity index (χ1n) is 1.06. The fourth-order valence-corrected chi connectivity index (χ4v) is 0.0278. The zero-order valence-corrected chi connectivity index (χ0v) is 8.47. The molecule has 0 aliphatic carbocycles. The molecule has 0 aromatic heterocycles. The zero-order valence-electron chi connectivity index (χ0n) is 6.47. The van der Waals surface area contributed by atoms with E-state index in [1.54, 1.807) is 0 Å². The number of carbonyl (C=O) groups is 1. The monoisotopic (exact) mass is 118 g/mol. The predicted molar refractivity (Wildman–Crippen MR) is 18.6 cm³/mol. The molecule has 0 atom stereocenters. The van der Waals surface area contributed by atoms with Crippen LogP contribution in [0, 0.1) is 0 Å². The minimum absolute atomic E-state index is 0. The van der Waals surface area contributed by atoms with Gasteiger partial charge in [-0.15, -0.1) is 0 Å². The van der Waals surface area contributed by atoms with Crippen LogP contribution in [0.2, 0.25) is 0 Å². The van der Waals surface area contributed by atoms with Gasteiger partial charge >= 0.3 is 59.1 Å². The molecule has 7 heavy (non-hydrogen) atoms. The van der Waals surface area contributed by atoms with Gasteiger partial charge in [-0.3, -0.25) is 4.79 Å². The molecule has 0 saturated carbocycles. The van der Waals surface area contributed by atoms with E-state index in [-0.39, 0.29) is 62.0 Å². The van der Waals surface area contributed by atoms with Gasteiger partial charge in [0.05, 0.1) is 6.08 Å². The maximum atomic E-state index is 9.09. The largest absolute Gasteiger partial charge is 1.00 e. The van der Waals surface area contributed by atoms with Crippen molar-refractivity contribution < 1.29 is 71.6 Å². The molecule has 4 heteroatoms. The summed E-state index contributed by atoms with van der Waals surface area (Å²) in [7, 11) is 0. The first-order chi connectivity index (χ1) is 2.41. The van der Waals surface area contributed by atoms with Gasteiger partial charge in [0.1, 0.15) is 5.94 Å². The third-order valence-electron chi connectivity index (χ3n) is 0.136. The van der Waals surface area contributed by atoms with Gasteiger partial charge in [-0.25, -0.2) is 4.79 Å². The van der Waals surface area contributed by atoms with E-state index in [1.807, 2.05) is 0 Å². The standard InChI is InChI=1S/C3H2O2.2Na.2H/c4-2-1-3-5;;;;/h1-2H;;;;/q;2*+1;2*-1. The van der Waals surface area contributed by atoms with E-state index in [0.717, 1.165) is 6.08 Å². The summed E-state index contributed by atoms with van der Waals surface area (Å²) in [5, 5.41) is 0. The van der Waals surface area contributed by atoms with E-state index in [4.69, 9.17) is 9.59 Å².